The average molecular weight is 342 g/mol. The summed E-state index contributed by atoms with van der Waals surface area (Å²) in [6.07, 6.45) is 2.36. The largest absolute Gasteiger partial charge is 0.326 e. The third kappa shape index (κ3) is 4.25. The summed E-state index contributed by atoms with van der Waals surface area (Å²) in [6.45, 7) is 1.85. The van der Waals surface area contributed by atoms with Crippen molar-refractivity contribution in [3.63, 3.8) is 0 Å². The Morgan fingerprint density at radius 3 is 2.86 bits per heavy atom. The van der Waals surface area contributed by atoms with Crippen molar-refractivity contribution in [3.05, 3.63) is 45.6 Å². The van der Waals surface area contributed by atoms with E-state index in [0.29, 0.717) is 12.1 Å². The molecule has 2 unspecified atom stereocenters. The monoisotopic (exact) mass is 341 g/mol. The second kappa shape index (κ2) is 7.67. The van der Waals surface area contributed by atoms with Crippen molar-refractivity contribution in [2.24, 2.45) is 5.92 Å². The molecule has 4 nitrogen and oxygen atoms in total. The van der Waals surface area contributed by atoms with Crippen molar-refractivity contribution in [2.75, 3.05) is 12.4 Å². The molecule has 0 aliphatic rings. The van der Waals surface area contributed by atoms with Crippen LogP contribution in [0, 0.1) is 11.7 Å². The molecular weight excluding hydrogens is 325 g/mol. The van der Waals surface area contributed by atoms with Crippen LogP contribution in [0.4, 0.5) is 10.1 Å². The second-order valence-electron chi connectivity index (χ2n) is 4.97. The molecule has 0 aliphatic heterocycles. The normalized spacial score (nSPS) is 13.6. The minimum atomic E-state index is -0.508. The molecule has 2 aromatic rings. The van der Waals surface area contributed by atoms with E-state index >= 15 is 0 Å². The highest BCUT2D eigenvalue weighted by molar-refractivity contribution is 7.09. The van der Waals surface area contributed by atoms with E-state index in [1.165, 1.54) is 18.2 Å². The molecule has 1 aromatic carbocycles. The van der Waals surface area contributed by atoms with E-state index in [2.05, 4.69) is 15.6 Å². The standard InChI is InChI=1S/C15H17ClFN3OS/c1-9(7-13(18-2)15-19-5-6-22-15)14(21)20-10-3-4-12(17)11(16)8-10/h3-6,8-9,13,18H,7H2,1-2H3,(H,20,21). The van der Waals surface area contributed by atoms with Gasteiger partial charge in [-0.15, -0.1) is 11.3 Å². The molecule has 1 heterocycles. The lowest BCUT2D eigenvalue weighted by atomic mass is 10.0. The SMILES string of the molecule is CNC(CC(C)C(=O)Nc1ccc(F)c(Cl)c1)c1nccs1. The first-order chi connectivity index (χ1) is 10.5. The minimum Gasteiger partial charge on any atom is -0.326 e. The van der Waals surface area contributed by atoms with Crippen molar-refractivity contribution < 1.29 is 9.18 Å². The van der Waals surface area contributed by atoms with Crippen LogP contribution in [0.5, 0.6) is 0 Å². The zero-order valence-corrected chi connectivity index (χ0v) is 13.8. The van der Waals surface area contributed by atoms with Crippen LogP contribution in [0.2, 0.25) is 5.02 Å². The summed E-state index contributed by atoms with van der Waals surface area (Å²) < 4.78 is 13.1. The van der Waals surface area contributed by atoms with Crippen LogP contribution in [-0.2, 0) is 4.79 Å². The molecule has 0 radical (unpaired) electrons. The Hall–Kier alpha value is -1.50. The Kier molecular flexibility index (Phi) is 5.88. The first-order valence-corrected chi connectivity index (χ1v) is 8.09. The lowest BCUT2D eigenvalue weighted by Crippen LogP contribution is -2.26. The molecule has 0 saturated heterocycles. The maximum absolute atomic E-state index is 13.1. The molecular formula is C15H17ClFN3OS. The lowest BCUT2D eigenvalue weighted by Gasteiger charge is -2.18. The number of nitrogens with one attached hydrogen (secondary N) is 2. The van der Waals surface area contributed by atoms with Gasteiger partial charge in [-0.25, -0.2) is 9.37 Å². The van der Waals surface area contributed by atoms with Gasteiger partial charge >= 0.3 is 0 Å². The van der Waals surface area contributed by atoms with Crippen molar-refractivity contribution >= 4 is 34.5 Å². The molecule has 1 amide bonds. The van der Waals surface area contributed by atoms with E-state index in [0.717, 1.165) is 5.01 Å². The van der Waals surface area contributed by atoms with Gasteiger partial charge in [0, 0.05) is 23.2 Å². The highest BCUT2D eigenvalue weighted by Crippen LogP contribution is 2.24. The second-order valence-corrected chi connectivity index (χ2v) is 6.30. The highest BCUT2D eigenvalue weighted by Gasteiger charge is 2.21. The maximum atomic E-state index is 13.1. The van der Waals surface area contributed by atoms with E-state index in [-0.39, 0.29) is 22.9 Å². The molecule has 22 heavy (non-hydrogen) atoms. The number of hydrogen-bond acceptors (Lipinski definition) is 4. The van der Waals surface area contributed by atoms with Gasteiger partial charge in [0.1, 0.15) is 10.8 Å². The predicted molar refractivity (Wildman–Crippen MR) is 87.7 cm³/mol. The molecule has 2 rings (SSSR count). The van der Waals surface area contributed by atoms with Gasteiger partial charge in [-0.1, -0.05) is 18.5 Å². The number of carbonyl (C=O) groups is 1. The van der Waals surface area contributed by atoms with Crippen LogP contribution < -0.4 is 10.6 Å². The van der Waals surface area contributed by atoms with E-state index in [4.69, 9.17) is 11.6 Å². The smallest absolute Gasteiger partial charge is 0.227 e. The molecule has 118 valence electrons. The Morgan fingerprint density at radius 2 is 2.27 bits per heavy atom. The molecule has 1 aromatic heterocycles. The summed E-state index contributed by atoms with van der Waals surface area (Å²) in [5.41, 5.74) is 0.485. The molecule has 2 atom stereocenters. The lowest BCUT2D eigenvalue weighted by molar-refractivity contribution is -0.119. The molecule has 2 N–H and O–H groups in total. The Labute approximate surface area is 137 Å². The van der Waals surface area contributed by atoms with Crippen molar-refractivity contribution in [1.29, 1.82) is 0 Å². The Morgan fingerprint density at radius 1 is 1.50 bits per heavy atom. The van der Waals surface area contributed by atoms with Crippen molar-refractivity contribution in [3.8, 4) is 0 Å². The summed E-state index contributed by atoms with van der Waals surface area (Å²) in [7, 11) is 1.84. The number of benzene rings is 1. The fourth-order valence-electron chi connectivity index (χ4n) is 2.05. The average Bonchev–Trinajstić information content (AvgIpc) is 3.02. The van der Waals surface area contributed by atoms with Crippen LogP contribution in [0.25, 0.3) is 0 Å². The predicted octanol–water partition coefficient (Wildman–Crippen LogP) is 3.86. The van der Waals surface area contributed by atoms with E-state index in [9.17, 15) is 9.18 Å². The first-order valence-electron chi connectivity index (χ1n) is 6.83. The summed E-state index contributed by atoms with van der Waals surface area (Å²) in [5.74, 6) is -0.878. The quantitative estimate of drug-likeness (QED) is 0.838. The molecule has 0 aliphatic carbocycles. The number of nitrogens with zero attached hydrogens (tertiary/aromatic N) is 1. The van der Waals surface area contributed by atoms with Gasteiger partial charge in [0.15, 0.2) is 0 Å². The number of hydrogen-bond donors (Lipinski definition) is 2. The van der Waals surface area contributed by atoms with Gasteiger partial charge in [-0.2, -0.15) is 0 Å². The van der Waals surface area contributed by atoms with Crippen LogP contribution in [0.1, 0.15) is 24.4 Å². The van der Waals surface area contributed by atoms with Gasteiger partial charge in [0.05, 0.1) is 11.1 Å². The highest BCUT2D eigenvalue weighted by atomic mass is 35.5. The summed E-state index contributed by atoms with van der Waals surface area (Å²) in [6, 6.07) is 4.15. The van der Waals surface area contributed by atoms with E-state index in [1.54, 1.807) is 17.5 Å². The third-order valence-corrected chi connectivity index (χ3v) is 4.50. The number of rotatable bonds is 6. The van der Waals surface area contributed by atoms with Gasteiger partial charge < -0.3 is 10.6 Å². The summed E-state index contributed by atoms with van der Waals surface area (Å²) in [5, 5.41) is 8.76. The third-order valence-electron chi connectivity index (χ3n) is 3.32. The number of carbonyl (C=O) groups excluding carboxylic acids is 1. The molecule has 0 saturated carbocycles. The molecule has 0 bridgehead atoms. The first kappa shape index (κ1) is 16.9. The fraction of sp³-hybridized carbons (Fsp3) is 0.333. The van der Waals surface area contributed by atoms with Crippen LogP contribution in [0.3, 0.4) is 0 Å². The van der Waals surface area contributed by atoms with E-state index < -0.39 is 5.82 Å². The van der Waals surface area contributed by atoms with Crippen LogP contribution in [-0.4, -0.2) is 17.9 Å². The number of anilines is 1. The number of halogens is 2. The minimum absolute atomic E-state index is 0.0126. The summed E-state index contributed by atoms with van der Waals surface area (Å²) in [4.78, 5) is 16.5. The number of thiazole rings is 1. The van der Waals surface area contributed by atoms with Crippen molar-refractivity contribution in [2.45, 2.75) is 19.4 Å². The number of amides is 1. The van der Waals surface area contributed by atoms with Crippen molar-refractivity contribution in [1.82, 2.24) is 10.3 Å². The van der Waals surface area contributed by atoms with E-state index in [1.807, 2.05) is 19.4 Å². The van der Waals surface area contributed by atoms with Crippen LogP contribution in [0.15, 0.2) is 29.8 Å². The molecule has 0 fully saturated rings. The topological polar surface area (TPSA) is 54.0 Å². The zero-order valence-electron chi connectivity index (χ0n) is 12.3. The molecule has 0 spiro atoms. The Bertz CT molecular complexity index is 636. The zero-order chi connectivity index (χ0) is 16.1. The Balaban J connectivity index is 1.98. The van der Waals surface area contributed by atoms with Gasteiger partial charge in [0.25, 0.3) is 0 Å². The van der Waals surface area contributed by atoms with Gasteiger partial charge in [-0.05, 0) is 31.7 Å². The maximum Gasteiger partial charge on any atom is 0.227 e. The fourth-order valence-corrected chi connectivity index (χ4v) is 2.99. The molecule has 7 heteroatoms. The number of aromatic nitrogens is 1. The van der Waals surface area contributed by atoms with Gasteiger partial charge in [0.2, 0.25) is 5.91 Å². The van der Waals surface area contributed by atoms with Gasteiger partial charge in [-0.3, -0.25) is 4.79 Å². The van der Waals surface area contributed by atoms with Crippen LogP contribution >= 0.6 is 22.9 Å². The summed E-state index contributed by atoms with van der Waals surface area (Å²) >= 11 is 7.26.